The molecule has 106 valence electrons. The molecule has 2 aromatic rings. The van der Waals surface area contributed by atoms with Crippen LogP contribution in [0.1, 0.15) is 36.5 Å². The van der Waals surface area contributed by atoms with E-state index < -0.39 is 12.0 Å². The SMILES string of the molecule is CCCC[C@H](NC(=O)c1ccc2cc[nH]c2c1)C(=O)O. The number of aromatic amines is 1. The van der Waals surface area contributed by atoms with Crippen molar-refractivity contribution in [2.24, 2.45) is 0 Å². The van der Waals surface area contributed by atoms with Gasteiger partial charge in [-0.25, -0.2) is 4.79 Å². The molecule has 0 aliphatic heterocycles. The zero-order chi connectivity index (χ0) is 14.5. The molecule has 0 fully saturated rings. The van der Waals surface area contributed by atoms with E-state index in [9.17, 15) is 9.59 Å². The van der Waals surface area contributed by atoms with Crippen LogP contribution in [0.25, 0.3) is 10.9 Å². The molecule has 0 saturated carbocycles. The summed E-state index contributed by atoms with van der Waals surface area (Å²) in [5.41, 5.74) is 1.32. The van der Waals surface area contributed by atoms with Gasteiger partial charge in [0.1, 0.15) is 6.04 Å². The van der Waals surface area contributed by atoms with Gasteiger partial charge in [-0.15, -0.1) is 0 Å². The highest BCUT2D eigenvalue weighted by Crippen LogP contribution is 2.14. The number of unbranched alkanes of at least 4 members (excludes halogenated alkanes) is 1. The summed E-state index contributed by atoms with van der Waals surface area (Å²) < 4.78 is 0. The maximum absolute atomic E-state index is 12.1. The molecule has 0 unspecified atom stereocenters. The van der Waals surface area contributed by atoms with E-state index in [4.69, 9.17) is 5.11 Å². The lowest BCUT2D eigenvalue weighted by molar-refractivity contribution is -0.139. The van der Waals surface area contributed by atoms with Crippen molar-refractivity contribution >= 4 is 22.8 Å². The van der Waals surface area contributed by atoms with E-state index in [1.807, 2.05) is 19.1 Å². The van der Waals surface area contributed by atoms with Gasteiger partial charge < -0.3 is 15.4 Å². The predicted molar refractivity (Wildman–Crippen MR) is 76.7 cm³/mol. The summed E-state index contributed by atoms with van der Waals surface area (Å²) in [6, 6.07) is 6.34. The highest BCUT2D eigenvalue weighted by molar-refractivity contribution is 5.99. The molecule has 0 saturated heterocycles. The summed E-state index contributed by atoms with van der Waals surface area (Å²) in [6.07, 6.45) is 3.91. The number of hydrogen-bond acceptors (Lipinski definition) is 2. The van der Waals surface area contributed by atoms with Crippen LogP contribution in [0.3, 0.4) is 0 Å². The first-order chi connectivity index (χ1) is 9.61. The highest BCUT2D eigenvalue weighted by Gasteiger charge is 2.20. The number of carbonyl (C=O) groups excluding carboxylic acids is 1. The second-order valence-electron chi connectivity index (χ2n) is 4.79. The van der Waals surface area contributed by atoms with Gasteiger partial charge in [0.15, 0.2) is 0 Å². The van der Waals surface area contributed by atoms with Crippen molar-refractivity contribution in [1.29, 1.82) is 0 Å². The van der Waals surface area contributed by atoms with Gasteiger partial charge in [0.05, 0.1) is 0 Å². The largest absolute Gasteiger partial charge is 0.480 e. The number of aromatic nitrogens is 1. The smallest absolute Gasteiger partial charge is 0.326 e. The van der Waals surface area contributed by atoms with E-state index >= 15 is 0 Å². The van der Waals surface area contributed by atoms with Crippen molar-refractivity contribution in [1.82, 2.24) is 10.3 Å². The number of fused-ring (bicyclic) bond motifs is 1. The van der Waals surface area contributed by atoms with E-state index in [2.05, 4.69) is 10.3 Å². The molecule has 2 rings (SSSR count). The molecule has 5 heteroatoms. The lowest BCUT2D eigenvalue weighted by atomic mass is 10.1. The van der Waals surface area contributed by atoms with Crippen LogP contribution in [0, 0.1) is 0 Å². The average Bonchev–Trinajstić information content (AvgIpc) is 2.90. The summed E-state index contributed by atoms with van der Waals surface area (Å²) >= 11 is 0. The molecule has 0 radical (unpaired) electrons. The van der Waals surface area contributed by atoms with Crippen LogP contribution in [-0.2, 0) is 4.79 Å². The number of carbonyl (C=O) groups is 2. The van der Waals surface area contributed by atoms with Gasteiger partial charge in [-0.2, -0.15) is 0 Å². The minimum Gasteiger partial charge on any atom is -0.480 e. The van der Waals surface area contributed by atoms with Gasteiger partial charge >= 0.3 is 5.97 Å². The van der Waals surface area contributed by atoms with Crippen molar-refractivity contribution in [3.8, 4) is 0 Å². The number of rotatable bonds is 6. The number of aliphatic carboxylic acids is 1. The second-order valence-corrected chi connectivity index (χ2v) is 4.79. The van der Waals surface area contributed by atoms with E-state index in [1.54, 1.807) is 18.3 Å². The molecular formula is C15H18N2O3. The third kappa shape index (κ3) is 3.17. The monoisotopic (exact) mass is 274 g/mol. The number of H-pyrrole nitrogens is 1. The van der Waals surface area contributed by atoms with Gasteiger partial charge in [0, 0.05) is 17.3 Å². The molecule has 20 heavy (non-hydrogen) atoms. The normalized spacial score (nSPS) is 12.2. The number of carboxylic acids is 1. The molecule has 1 atom stereocenters. The van der Waals surface area contributed by atoms with Crippen LogP contribution in [0.5, 0.6) is 0 Å². The van der Waals surface area contributed by atoms with Gasteiger partial charge in [-0.05, 0) is 30.0 Å². The molecule has 0 bridgehead atoms. The zero-order valence-electron chi connectivity index (χ0n) is 11.3. The van der Waals surface area contributed by atoms with E-state index in [0.29, 0.717) is 12.0 Å². The molecule has 0 aliphatic carbocycles. The van der Waals surface area contributed by atoms with Crippen LogP contribution >= 0.6 is 0 Å². The van der Waals surface area contributed by atoms with Gasteiger partial charge in [-0.3, -0.25) is 4.79 Å². The van der Waals surface area contributed by atoms with Crippen molar-refractivity contribution in [3.63, 3.8) is 0 Å². The summed E-state index contributed by atoms with van der Waals surface area (Å²) in [5, 5.41) is 12.7. The first-order valence-corrected chi connectivity index (χ1v) is 6.72. The number of hydrogen-bond donors (Lipinski definition) is 3. The van der Waals surface area contributed by atoms with Gasteiger partial charge in [-0.1, -0.05) is 25.8 Å². The number of benzene rings is 1. The Balaban J connectivity index is 2.10. The fourth-order valence-corrected chi connectivity index (χ4v) is 2.10. The number of carboxylic acid groups (broad SMARTS) is 1. The van der Waals surface area contributed by atoms with Crippen molar-refractivity contribution in [3.05, 3.63) is 36.0 Å². The summed E-state index contributed by atoms with van der Waals surface area (Å²) in [6.45, 7) is 1.99. The first-order valence-electron chi connectivity index (χ1n) is 6.72. The molecule has 0 aliphatic rings. The van der Waals surface area contributed by atoms with Gasteiger partial charge in [0.25, 0.3) is 5.91 Å². The maximum atomic E-state index is 12.1. The third-order valence-electron chi connectivity index (χ3n) is 3.27. The Kier molecular flexibility index (Phi) is 4.40. The van der Waals surface area contributed by atoms with Crippen LogP contribution in [0.2, 0.25) is 0 Å². The molecule has 0 spiro atoms. The Morgan fingerprint density at radius 2 is 2.15 bits per heavy atom. The Morgan fingerprint density at radius 3 is 2.85 bits per heavy atom. The van der Waals surface area contributed by atoms with Crippen LogP contribution in [0.15, 0.2) is 30.5 Å². The second kappa shape index (κ2) is 6.23. The van der Waals surface area contributed by atoms with E-state index in [0.717, 1.165) is 23.7 Å². The van der Waals surface area contributed by atoms with Crippen LogP contribution in [-0.4, -0.2) is 28.0 Å². The summed E-state index contributed by atoms with van der Waals surface area (Å²) in [7, 11) is 0. The molecule has 3 N–H and O–H groups in total. The van der Waals surface area contributed by atoms with Gasteiger partial charge in [0.2, 0.25) is 0 Å². The predicted octanol–water partition coefficient (Wildman–Crippen LogP) is 2.54. The first kappa shape index (κ1) is 14.1. The Morgan fingerprint density at radius 1 is 1.35 bits per heavy atom. The molecule has 1 aromatic heterocycles. The van der Waals surface area contributed by atoms with Crippen molar-refractivity contribution in [2.45, 2.75) is 32.2 Å². The molecule has 1 amide bonds. The van der Waals surface area contributed by atoms with E-state index in [1.165, 1.54) is 0 Å². The molecule has 1 aromatic carbocycles. The van der Waals surface area contributed by atoms with E-state index in [-0.39, 0.29) is 5.91 Å². The van der Waals surface area contributed by atoms with Crippen molar-refractivity contribution in [2.75, 3.05) is 0 Å². The quantitative estimate of drug-likeness (QED) is 0.757. The Hall–Kier alpha value is -2.30. The lowest BCUT2D eigenvalue weighted by Gasteiger charge is -2.14. The average molecular weight is 274 g/mol. The number of amides is 1. The summed E-state index contributed by atoms with van der Waals surface area (Å²) in [4.78, 5) is 26.3. The zero-order valence-corrected chi connectivity index (χ0v) is 11.3. The van der Waals surface area contributed by atoms with Crippen LogP contribution in [0.4, 0.5) is 0 Å². The minimum atomic E-state index is -0.993. The minimum absolute atomic E-state index is 0.356. The maximum Gasteiger partial charge on any atom is 0.326 e. The number of nitrogens with one attached hydrogen (secondary N) is 2. The lowest BCUT2D eigenvalue weighted by Crippen LogP contribution is -2.40. The highest BCUT2D eigenvalue weighted by atomic mass is 16.4. The Bertz CT molecular complexity index is 618. The fraction of sp³-hybridized carbons (Fsp3) is 0.333. The third-order valence-corrected chi connectivity index (χ3v) is 3.27. The topological polar surface area (TPSA) is 82.2 Å². The summed E-state index contributed by atoms with van der Waals surface area (Å²) in [5.74, 6) is -1.35. The van der Waals surface area contributed by atoms with Crippen molar-refractivity contribution < 1.29 is 14.7 Å². The molecular weight excluding hydrogens is 256 g/mol. The van der Waals surface area contributed by atoms with Crippen LogP contribution < -0.4 is 5.32 Å². The fourth-order valence-electron chi connectivity index (χ4n) is 2.10. The Labute approximate surface area is 117 Å². The molecule has 5 nitrogen and oxygen atoms in total. The standard InChI is InChI=1S/C15H18N2O3/c1-2-3-4-12(15(19)20)17-14(18)11-6-5-10-7-8-16-13(10)9-11/h5-9,12,16H,2-4H2,1H3,(H,17,18)(H,19,20)/t12-/m0/s1. The molecule has 1 heterocycles.